The molecular formula is C10H10N2O2S. The minimum Gasteiger partial charge on any atom is -0.399 e. The Morgan fingerprint density at radius 2 is 1.53 bits per heavy atom. The summed E-state index contributed by atoms with van der Waals surface area (Å²) >= 11 is 0. The zero-order chi connectivity index (χ0) is 11.1. The molecule has 15 heavy (non-hydrogen) atoms. The summed E-state index contributed by atoms with van der Waals surface area (Å²) in [6.07, 6.45) is 2.89. The lowest BCUT2D eigenvalue weighted by molar-refractivity contribution is 0.611. The summed E-state index contributed by atoms with van der Waals surface area (Å²) in [6, 6.07) is 6.62. The summed E-state index contributed by atoms with van der Waals surface area (Å²) in [5, 5.41) is -0.116. The van der Waals surface area contributed by atoms with Crippen LogP contribution in [-0.4, -0.2) is 8.42 Å². The third-order valence-corrected chi connectivity index (χ3v) is 3.90. The minimum atomic E-state index is -3.47. The quantitative estimate of drug-likeness (QED) is 0.689. The average molecular weight is 222 g/mol. The van der Waals surface area contributed by atoms with Gasteiger partial charge in [0.2, 0.25) is 9.84 Å². The molecule has 0 saturated heterocycles. The fourth-order valence-corrected chi connectivity index (χ4v) is 2.56. The number of benzene rings is 1. The molecule has 1 aliphatic heterocycles. The fourth-order valence-electron chi connectivity index (χ4n) is 1.36. The number of sulfone groups is 1. The molecule has 1 aromatic rings. The van der Waals surface area contributed by atoms with Crippen LogP contribution in [-0.2, 0) is 9.84 Å². The Bertz CT molecular complexity index is 554. The molecule has 1 aliphatic rings. The number of nitrogens with two attached hydrogens (primary N) is 2. The van der Waals surface area contributed by atoms with Gasteiger partial charge in [-0.25, -0.2) is 8.42 Å². The van der Waals surface area contributed by atoms with Crippen LogP contribution in [0.15, 0.2) is 41.4 Å². The van der Waals surface area contributed by atoms with Gasteiger partial charge in [-0.15, -0.1) is 0 Å². The van der Waals surface area contributed by atoms with Gasteiger partial charge in [-0.2, -0.15) is 0 Å². The molecule has 2 rings (SSSR count). The van der Waals surface area contributed by atoms with E-state index in [-0.39, 0.29) is 9.93 Å². The van der Waals surface area contributed by atoms with E-state index in [9.17, 15) is 8.42 Å². The molecule has 78 valence electrons. The molecule has 0 atom stereocenters. The van der Waals surface area contributed by atoms with Gasteiger partial charge in [0.05, 0.1) is 4.91 Å². The molecule has 0 saturated carbocycles. The highest BCUT2D eigenvalue weighted by Gasteiger charge is 2.26. The smallest absolute Gasteiger partial charge is 0.221 e. The molecule has 0 aliphatic carbocycles. The summed E-state index contributed by atoms with van der Waals surface area (Å²) in [5.41, 5.74) is 12.1. The Balaban J connectivity index is 2.49. The average Bonchev–Trinajstić information content (AvgIpc) is 2.44. The SMILES string of the molecule is NC1=CC=C(c2ccc(N)cc2)S1(=O)=O. The standard InChI is InChI=1S/C10H10N2O2S/c11-8-3-1-7(2-4-8)9-5-6-10(12)15(9,13)14/h1-6H,11-12H2. The number of anilines is 1. The molecule has 0 unspecified atom stereocenters. The topological polar surface area (TPSA) is 86.2 Å². The maximum absolute atomic E-state index is 11.7. The second-order valence-corrected chi connectivity index (χ2v) is 5.14. The van der Waals surface area contributed by atoms with Crippen LogP contribution in [0.1, 0.15) is 5.56 Å². The lowest BCUT2D eigenvalue weighted by atomic mass is 10.2. The van der Waals surface area contributed by atoms with Crippen molar-refractivity contribution >= 4 is 20.4 Å². The minimum absolute atomic E-state index is 0.116. The van der Waals surface area contributed by atoms with Gasteiger partial charge in [0.25, 0.3) is 0 Å². The van der Waals surface area contributed by atoms with Crippen molar-refractivity contribution in [3.63, 3.8) is 0 Å². The van der Waals surface area contributed by atoms with Crippen LogP contribution >= 0.6 is 0 Å². The molecule has 0 spiro atoms. The zero-order valence-corrected chi connectivity index (χ0v) is 8.66. The molecule has 4 N–H and O–H groups in total. The third kappa shape index (κ3) is 1.50. The van der Waals surface area contributed by atoms with Gasteiger partial charge in [-0.1, -0.05) is 12.1 Å². The van der Waals surface area contributed by atoms with E-state index in [2.05, 4.69) is 0 Å². The van der Waals surface area contributed by atoms with Crippen LogP contribution in [0.2, 0.25) is 0 Å². The first kappa shape index (κ1) is 9.79. The summed E-state index contributed by atoms with van der Waals surface area (Å²) < 4.78 is 23.4. The Kier molecular flexibility index (Phi) is 2.04. The number of rotatable bonds is 1. The Hall–Kier alpha value is -1.75. The largest absolute Gasteiger partial charge is 0.399 e. The van der Waals surface area contributed by atoms with Crippen LogP contribution < -0.4 is 11.5 Å². The van der Waals surface area contributed by atoms with E-state index < -0.39 is 9.84 Å². The Labute approximate surface area is 87.8 Å². The summed E-state index contributed by atoms with van der Waals surface area (Å²) in [4.78, 5) is 0.222. The van der Waals surface area contributed by atoms with Crippen molar-refractivity contribution in [2.24, 2.45) is 5.73 Å². The van der Waals surface area contributed by atoms with Gasteiger partial charge in [0.15, 0.2) is 0 Å². The molecule has 0 bridgehead atoms. The van der Waals surface area contributed by atoms with Crippen molar-refractivity contribution in [2.75, 3.05) is 5.73 Å². The predicted molar refractivity (Wildman–Crippen MR) is 60.0 cm³/mol. The molecule has 0 radical (unpaired) electrons. The van der Waals surface area contributed by atoms with Crippen molar-refractivity contribution in [1.29, 1.82) is 0 Å². The zero-order valence-electron chi connectivity index (χ0n) is 7.84. The van der Waals surface area contributed by atoms with Gasteiger partial charge < -0.3 is 11.5 Å². The first-order chi connectivity index (χ1) is 7.01. The molecule has 0 aromatic heterocycles. The monoisotopic (exact) mass is 222 g/mol. The van der Waals surface area contributed by atoms with Crippen molar-refractivity contribution in [3.05, 3.63) is 47.0 Å². The van der Waals surface area contributed by atoms with E-state index in [4.69, 9.17) is 11.5 Å². The summed E-state index contributed by atoms with van der Waals surface area (Å²) in [5.74, 6) is 0. The first-order valence-electron chi connectivity index (χ1n) is 4.30. The van der Waals surface area contributed by atoms with Gasteiger partial charge in [0, 0.05) is 5.69 Å². The molecular weight excluding hydrogens is 212 g/mol. The first-order valence-corrected chi connectivity index (χ1v) is 5.78. The number of hydrogen-bond donors (Lipinski definition) is 2. The number of nitrogen functional groups attached to an aromatic ring is 1. The van der Waals surface area contributed by atoms with E-state index in [0.29, 0.717) is 11.3 Å². The third-order valence-electron chi connectivity index (χ3n) is 2.19. The highest BCUT2D eigenvalue weighted by atomic mass is 32.2. The van der Waals surface area contributed by atoms with Gasteiger partial charge >= 0.3 is 0 Å². The summed E-state index contributed by atoms with van der Waals surface area (Å²) in [7, 11) is -3.47. The van der Waals surface area contributed by atoms with E-state index in [1.165, 1.54) is 12.2 Å². The Morgan fingerprint density at radius 1 is 0.933 bits per heavy atom. The normalized spacial score (nSPS) is 18.4. The molecule has 1 aromatic carbocycles. The van der Waals surface area contributed by atoms with E-state index >= 15 is 0 Å². The highest BCUT2D eigenvalue weighted by Crippen LogP contribution is 2.30. The van der Waals surface area contributed by atoms with Crippen molar-refractivity contribution in [1.82, 2.24) is 0 Å². The molecule has 0 fully saturated rings. The maximum Gasteiger partial charge on any atom is 0.221 e. The van der Waals surface area contributed by atoms with Crippen LogP contribution in [0, 0.1) is 0 Å². The summed E-state index contributed by atoms with van der Waals surface area (Å²) in [6.45, 7) is 0. The van der Waals surface area contributed by atoms with Crippen LogP contribution in [0.25, 0.3) is 4.91 Å². The van der Waals surface area contributed by atoms with E-state index in [0.717, 1.165) is 0 Å². The lowest BCUT2D eigenvalue weighted by Gasteiger charge is -2.04. The Morgan fingerprint density at radius 3 is 2.00 bits per heavy atom. The van der Waals surface area contributed by atoms with Gasteiger partial charge in [-0.05, 0) is 29.8 Å². The van der Waals surface area contributed by atoms with Crippen LogP contribution in [0.4, 0.5) is 5.69 Å². The second-order valence-electron chi connectivity index (χ2n) is 3.23. The molecule has 0 amide bonds. The van der Waals surface area contributed by atoms with Crippen molar-refractivity contribution in [3.8, 4) is 0 Å². The van der Waals surface area contributed by atoms with E-state index in [1.807, 2.05) is 0 Å². The molecule has 1 heterocycles. The highest BCUT2D eigenvalue weighted by molar-refractivity contribution is 8.04. The van der Waals surface area contributed by atoms with Crippen LogP contribution in [0.5, 0.6) is 0 Å². The maximum atomic E-state index is 11.7. The van der Waals surface area contributed by atoms with Gasteiger partial charge in [0.1, 0.15) is 5.03 Å². The fraction of sp³-hybridized carbons (Fsp3) is 0. The predicted octanol–water partition coefficient (Wildman–Crippen LogP) is 0.838. The second kappa shape index (κ2) is 3.13. The molecule has 4 nitrogen and oxygen atoms in total. The molecule has 5 heteroatoms. The van der Waals surface area contributed by atoms with Crippen molar-refractivity contribution < 1.29 is 8.42 Å². The number of allylic oxidation sites excluding steroid dienone is 2. The van der Waals surface area contributed by atoms with Crippen LogP contribution in [0.3, 0.4) is 0 Å². The van der Waals surface area contributed by atoms with E-state index in [1.54, 1.807) is 24.3 Å². The number of hydrogen-bond acceptors (Lipinski definition) is 4. The van der Waals surface area contributed by atoms with Crippen molar-refractivity contribution in [2.45, 2.75) is 0 Å². The van der Waals surface area contributed by atoms with Gasteiger partial charge in [-0.3, -0.25) is 0 Å². The lowest BCUT2D eigenvalue weighted by Crippen LogP contribution is -2.09.